The largest absolute Gasteiger partial charge is 0.370 e. The molecule has 2 rings (SSSR count). The van der Waals surface area contributed by atoms with Crippen LogP contribution in [0.5, 0.6) is 0 Å². The number of nitrogens with one attached hydrogen (secondary N) is 2. The summed E-state index contributed by atoms with van der Waals surface area (Å²) in [6, 6.07) is 3.02. The lowest BCUT2D eigenvalue weighted by Crippen LogP contribution is -2.13. The summed E-state index contributed by atoms with van der Waals surface area (Å²) in [6.45, 7) is 3.64. The van der Waals surface area contributed by atoms with Crippen molar-refractivity contribution in [1.82, 2.24) is 20.0 Å². The molecule has 9 nitrogen and oxygen atoms in total. The Morgan fingerprint density at radius 2 is 2.25 bits per heavy atom. The molecule has 0 aliphatic rings. The molecule has 0 spiro atoms. The molecule has 2 aromatic heterocycles. The maximum absolute atomic E-state index is 11.0. The van der Waals surface area contributed by atoms with E-state index in [1.807, 2.05) is 6.92 Å². The zero-order valence-electron chi connectivity index (χ0n) is 11.0. The molecule has 20 heavy (non-hydrogen) atoms. The Bertz CT molecular complexity index is 570. The summed E-state index contributed by atoms with van der Waals surface area (Å²) >= 11 is 0. The average Bonchev–Trinajstić information content (AvgIpc) is 2.92. The normalized spacial score (nSPS) is 10.2. The highest BCUT2D eigenvalue weighted by Gasteiger charge is 2.15. The minimum atomic E-state index is -0.458. The van der Waals surface area contributed by atoms with Gasteiger partial charge in [-0.3, -0.25) is 14.8 Å². The minimum Gasteiger partial charge on any atom is -0.370 e. The van der Waals surface area contributed by atoms with Crippen LogP contribution in [0.2, 0.25) is 0 Å². The molecular formula is C11H15N7O2. The predicted octanol–water partition coefficient (Wildman–Crippen LogP) is 1.13. The van der Waals surface area contributed by atoms with Gasteiger partial charge in [-0.1, -0.05) is 5.21 Å². The maximum atomic E-state index is 11.0. The van der Waals surface area contributed by atoms with Crippen molar-refractivity contribution in [3.8, 4) is 0 Å². The number of aromatic nitrogens is 4. The summed E-state index contributed by atoms with van der Waals surface area (Å²) in [6.07, 6.45) is 3.30. The van der Waals surface area contributed by atoms with Gasteiger partial charge in [-0.15, -0.1) is 5.10 Å². The van der Waals surface area contributed by atoms with Gasteiger partial charge in [0.05, 0.1) is 17.7 Å². The van der Waals surface area contributed by atoms with E-state index in [9.17, 15) is 10.1 Å². The van der Waals surface area contributed by atoms with Gasteiger partial charge >= 0.3 is 5.69 Å². The van der Waals surface area contributed by atoms with Crippen LogP contribution in [0.4, 0.5) is 17.3 Å². The first-order valence-corrected chi connectivity index (χ1v) is 6.18. The molecule has 0 saturated heterocycles. The van der Waals surface area contributed by atoms with Gasteiger partial charge in [-0.05, 0) is 13.0 Å². The Morgan fingerprint density at radius 1 is 1.40 bits per heavy atom. The predicted molar refractivity (Wildman–Crippen MR) is 73.6 cm³/mol. The van der Waals surface area contributed by atoms with Crippen LogP contribution in [0.1, 0.15) is 6.92 Å². The summed E-state index contributed by atoms with van der Waals surface area (Å²) in [5.74, 6) is 0.843. The first kappa shape index (κ1) is 13.7. The Hall–Kier alpha value is -2.71. The van der Waals surface area contributed by atoms with E-state index in [0.717, 1.165) is 0 Å². The molecule has 0 aliphatic carbocycles. The number of pyridine rings is 1. The van der Waals surface area contributed by atoms with Crippen LogP contribution in [0, 0.1) is 10.1 Å². The number of nitrogens with zero attached hydrogens (tertiary/aromatic N) is 5. The number of nitro groups is 1. The molecule has 2 aromatic rings. The molecular weight excluding hydrogens is 262 g/mol. The zero-order valence-corrected chi connectivity index (χ0v) is 11.0. The van der Waals surface area contributed by atoms with Crippen LogP contribution in [0.3, 0.4) is 0 Å². The van der Waals surface area contributed by atoms with E-state index in [1.165, 1.54) is 6.07 Å². The fourth-order valence-electron chi connectivity index (χ4n) is 1.65. The zero-order chi connectivity index (χ0) is 14.4. The highest BCUT2D eigenvalue weighted by Crippen LogP contribution is 2.23. The van der Waals surface area contributed by atoms with E-state index in [2.05, 4.69) is 25.9 Å². The monoisotopic (exact) mass is 277 g/mol. The molecule has 106 valence electrons. The van der Waals surface area contributed by atoms with Gasteiger partial charge in [0.15, 0.2) is 0 Å². The van der Waals surface area contributed by atoms with Gasteiger partial charge in [-0.2, -0.15) is 0 Å². The maximum Gasteiger partial charge on any atom is 0.311 e. The second-order valence-corrected chi connectivity index (χ2v) is 3.94. The quantitative estimate of drug-likeness (QED) is 0.576. The average molecular weight is 277 g/mol. The van der Waals surface area contributed by atoms with E-state index in [1.54, 1.807) is 23.1 Å². The molecule has 9 heteroatoms. The summed E-state index contributed by atoms with van der Waals surface area (Å²) in [5.41, 5.74) is -0.0507. The highest BCUT2D eigenvalue weighted by molar-refractivity contribution is 5.60. The minimum absolute atomic E-state index is 0.0507. The third kappa shape index (κ3) is 3.40. The number of hydrogen-bond acceptors (Lipinski definition) is 7. The van der Waals surface area contributed by atoms with Gasteiger partial charge in [0, 0.05) is 25.4 Å². The van der Waals surface area contributed by atoms with Gasteiger partial charge < -0.3 is 10.6 Å². The van der Waals surface area contributed by atoms with Crippen LogP contribution < -0.4 is 10.6 Å². The van der Waals surface area contributed by atoms with Gasteiger partial charge in [0.1, 0.15) is 5.82 Å². The van der Waals surface area contributed by atoms with Crippen molar-refractivity contribution in [2.45, 2.75) is 13.5 Å². The molecule has 0 unspecified atom stereocenters. The Morgan fingerprint density at radius 3 is 2.90 bits per heavy atom. The van der Waals surface area contributed by atoms with Crippen molar-refractivity contribution in [1.29, 1.82) is 0 Å². The van der Waals surface area contributed by atoms with Crippen LogP contribution in [-0.2, 0) is 6.54 Å². The van der Waals surface area contributed by atoms with E-state index in [0.29, 0.717) is 25.5 Å². The fourth-order valence-corrected chi connectivity index (χ4v) is 1.65. The molecule has 0 bridgehead atoms. The van der Waals surface area contributed by atoms with Crippen LogP contribution in [0.15, 0.2) is 24.5 Å². The molecule has 0 aromatic carbocycles. The molecule has 2 N–H and O–H groups in total. The molecule has 0 radical (unpaired) electrons. The van der Waals surface area contributed by atoms with E-state index in [4.69, 9.17) is 0 Å². The van der Waals surface area contributed by atoms with Crippen molar-refractivity contribution < 1.29 is 4.92 Å². The molecule has 2 heterocycles. The molecule has 0 saturated carbocycles. The summed E-state index contributed by atoms with van der Waals surface area (Å²) in [7, 11) is 0. The topological polar surface area (TPSA) is 111 Å². The van der Waals surface area contributed by atoms with Crippen molar-refractivity contribution in [2.75, 3.05) is 23.7 Å². The third-order valence-electron chi connectivity index (χ3n) is 2.53. The van der Waals surface area contributed by atoms with E-state index < -0.39 is 4.92 Å². The summed E-state index contributed by atoms with van der Waals surface area (Å²) < 4.78 is 1.63. The molecule has 0 aliphatic heterocycles. The lowest BCUT2D eigenvalue weighted by atomic mass is 10.3. The Labute approximate surface area is 115 Å². The van der Waals surface area contributed by atoms with Crippen LogP contribution in [-0.4, -0.2) is 38.0 Å². The summed E-state index contributed by atoms with van der Waals surface area (Å²) in [4.78, 5) is 14.7. The summed E-state index contributed by atoms with van der Waals surface area (Å²) in [5, 5.41) is 24.4. The second kappa shape index (κ2) is 6.45. The van der Waals surface area contributed by atoms with Crippen molar-refractivity contribution in [3.05, 3.63) is 34.6 Å². The lowest BCUT2D eigenvalue weighted by molar-refractivity contribution is -0.384. The number of anilines is 2. The SMILES string of the molecule is CCNc1ccc([N+](=O)[O-])c(NCCn2ccnn2)n1. The molecule has 0 amide bonds. The standard InChI is InChI=1S/C11H15N7O2/c1-2-12-10-4-3-9(18(19)20)11(15-10)13-5-7-17-8-6-14-16-17/h3-4,6,8H,2,5,7H2,1H3,(H2,12,13,15). The van der Waals surface area contributed by atoms with Crippen molar-refractivity contribution in [2.24, 2.45) is 0 Å². The van der Waals surface area contributed by atoms with Gasteiger partial charge in [-0.25, -0.2) is 4.98 Å². The van der Waals surface area contributed by atoms with Crippen molar-refractivity contribution >= 4 is 17.3 Å². The van der Waals surface area contributed by atoms with Crippen LogP contribution in [0.25, 0.3) is 0 Å². The van der Waals surface area contributed by atoms with E-state index in [-0.39, 0.29) is 11.5 Å². The second-order valence-electron chi connectivity index (χ2n) is 3.94. The molecule has 0 atom stereocenters. The van der Waals surface area contributed by atoms with Crippen molar-refractivity contribution in [3.63, 3.8) is 0 Å². The number of rotatable bonds is 7. The lowest BCUT2D eigenvalue weighted by Gasteiger charge is -2.08. The smallest absolute Gasteiger partial charge is 0.311 e. The highest BCUT2D eigenvalue weighted by atomic mass is 16.6. The third-order valence-corrected chi connectivity index (χ3v) is 2.53. The van der Waals surface area contributed by atoms with Crippen LogP contribution >= 0.6 is 0 Å². The number of hydrogen-bond donors (Lipinski definition) is 2. The fraction of sp³-hybridized carbons (Fsp3) is 0.364. The van der Waals surface area contributed by atoms with Gasteiger partial charge in [0.25, 0.3) is 0 Å². The van der Waals surface area contributed by atoms with E-state index >= 15 is 0 Å². The first-order chi connectivity index (χ1) is 9.70. The first-order valence-electron chi connectivity index (χ1n) is 6.18. The van der Waals surface area contributed by atoms with Gasteiger partial charge in [0.2, 0.25) is 5.82 Å². The Balaban J connectivity index is 2.06. The Kier molecular flexibility index (Phi) is 4.43. The molecule has 0 fully saturated rings.